The molecule has 1 rings (SSSR count). The second kappa shape index (κ2) is 1.37. The Balaban J connectivity index is 3.14. The zero-order valence-corrected chi connectivity index (χ0v) is 4.47. The largest absolute Gasteiger partial charge is 0.276 e. The predicted molar refractivity (Wildman–Crippen MR) is 27.9 cm³/mol. The first-order valence-electron chi connectivity index (χ1n) is 2.67. The first kappa shape index (κ1) is 3.24. The summed E-state index contributed by atoms with van der Waals surface area (Å²) in [4.78, 5) is 0. The molecule has 7 heavy (non-hydrogen) atoms. The van der Waals surface area contributed by atoms with E-state index >= 15 is 0 Å². The van der Waals surface area contributed by atoms with Crippen LogP contribution in [0.3, 0.4) is 0 Å². The Bertz CT molecular complexity index is 173. The van der Waals surface area contributed by atoms with Gasteiger partial charge in [0.05, 0.1) is 7.06 Å². The summed E-state index contributed by atoms with van der Waals surface area (Å²) in [5.74, 6) is 0. The van der Waals surface area contributed by atoms with Gasteiger partial charge in [-0.2, -0.15) is 5.10 Å². The highest BCUT2D eigenvalue weighted by Gasteiger charge is 1.81. The second-order valence-electron chi connectivity index (χ2n) is 1.54. The molecule has 1 aromatic heterocycles. The van der Waals surface area contributed by atoms with Crippen LogP contribution in [0.5, 0.6) is 0 Å². The molecule has 0 bridgehead atoms. The van der Waals surface area contributed by atoms with Gasteiger partial charge in [-0.25, -0.2) is 0 Å². The summed E-state index contributed by atoms with van der Waals surface area (Å²) in [5, 5.41) is 3.94. The Morgan fingerprint density at radius 2 is 2.71 bits per heavy atom. The molecule has 1 aromatic rings. The first-order chi connectivity index (χ1) is 3.70. The topological polar surface area (TPSA) is 17.8 Å². The fourth-order valence-electron chi connectivity index (χ4n) is 0.481. The van der Waals surface area contributed by atoms with E-state index in [-0.39, 0.29) is 0 Å². The average Bonchev–Trinajstić information content (AvgIpc) is 1.85. The third-order valence-electron chi connectivity index (χ3n) is 0.768. The van der Waals surface area contributed by atoms with Crippen LogP contribution in [0, 0.1) is 6.92 Å². The highest BCUT2D eigenvalue weighted by Crippen LogP contribution is 1.86. The Morgan fingerprint density at radius 3 is 2.86 bits per heavy atom. The summed E-state index contributed by atoms with van der Waals surface area (Å²) < 4.78 is 8.68. The molecular weight excluding hydrogens is 88.1 g/mol. The molecule has 0 radical (unpaired) electrons. The van der Waals surface area contributed by atoms with Crippen molar-refractivity contribution in [2.75, 3.05) is 0 Å². The van der Waals surface area contributed by atoms with Crippen LogP contribution in [0.2, 0.25) is 0 Å². The molecule has 0 atom stereocenters. The predicted octanol–water partition coefficient (Wildman–Crippen LogP) is 0.729. The fourth-order valence-corrected chi connectivity index (χ4v) is 0.481. The van der Waals surface area contributed by atoms with Crippen LogP contribution in [0.25, 0.3) is 0 Å². The minimum atomic E-state index is 0.461. The number of nitrogens with zero attached hydrogens (tertiary/aromatic N) is 2. The van der Waals surface area contributed by atoms with Gasteiger partial charge in [0.2, 0.25) is 0 Å². The smallest absolute Gasteiger partial charge is 0.0836 e. The monoisotopic (exact) mass is 97.1 g/mol. The summed E-state index contributed by atoms with van der Waals surface area (Å²) in [5.41, 5.74) is 0.900. The Kier molecular flexibility index (Phi) is 0.635. The fraction of sp³-hybridized carbons (Fsp3) is 0.400. The molecule has 0 unspecified atom stereocenters. The van der Waals surface area contributed by atoms with E-state index in [1.807, 2.05) is 6.92 Å². The van der Waals surface area contributed by atoms with E-state index in [9.17, 15) is 0 Å². The highest BCUT2D eigenvalue weighted by atomic mass is 15.2. The Labute approximate surface area is 44.2 Å². The third-order valence-corrected chi connectivity index (χ3v) is 0.768. The summed E-state index contributed by atoms with van der Waals surface area (Å²) in [6.07, 6.45) is 0.461. The van der Waals surface area contributed by atoms with E-state index < -0.39 is 0 Å². The number of rotatable bonds is 0. The number of hydrogen-bond donors (Lipinski definition) is 0. The zero-order chi connectivity index (χ0) is 6.15. The van der Waals surface area contributed by atoms with Crippen LogP contribution in [0.1, 0.15) is 7.06 Å². The lowest BCUT2D eigenvalue weighted by Crippen LogP contribution is -1.86. The lowest BCUT2D eigenvalue weighted by atomic mass is 10.5. The molecule has 0 aliphatic rings. The van der Waals surface area contributed by atoms with Crippen molar-refractivity contribution in [3.8, 4) is 0 Å². The molecule has 0 saturated carbocycles. The van der Waals surface area contributed by atoms with Crippen LogP contribution in [-0.2, 0) is 7.05 Å². The molecular formula is C5H8N2. The van der Waals surface area contributed by atoms with Gasteiger partial charge < -0.3 is 0 Å². The maximum atomic E-state index is 7.14. The Hall–Kier alpha value is -0.790. The molecule has 1 heterocycles. The van der Waals surface area contributed by atoms with Crippen molar-refractivity contribution in [3.05, 3.63) is 17.9 Å². The van der Waals surface area contributed by atoms with Crippen LogP contribution in [-0.4, -0.2) is 9.78 Å². The van der Waals surface area contributed by atoms with Gasteiger partial charge in [-0.3, -0.25) is 4.68 Å². The summed E-state index contributed by atoms with van der Waals surface area (Å²) in [6.45, 7) is 1.87. The molecule has 2 nitrogen and oxygen atoms in total. The van der Waals surface area contributed by atoms with Crippen LogP contribution >= 0.6 is 0 Å². The molecule has 0 aliphatic carbocycles. The van der Waals surface area contributed by atoms with Gasteiger partial charge in [0.25, 0.3) is 0 Å². The number of hydrogen-bond acceptors (Lipinski definition) is 1. The summed E-state index contributed by atoms with van der Waals surface area (Å²) in [6, 6.07) is 1.72. The first-order valence-corrected chi connectivity index (χ1v) is 2.17. The van der Waals surface area contributed by atoms with E-state index in [2.05, 4.69) is 5.10 Å². The van der Waals surface area contributed by atoms with Crippen LogP contribution in [0.15, 0.2) is 12.2 Å². The Morgan fingerprint density at radius 1 is 2.00 bits per heavy atom. The van der Waals surface area contributed by atoms with Gasteiger partial charge in [0.1, 0.15) is 0 Å². The second-order valence-corrected chi connectivity index (χ2v) is 1.54. The van der Waals surface area contributed by atoms with E-state index in [1.54, 1.807) is 13.1 Å². The highest BCUT2D eigenvalue weighted by molar-refractivity contribution is 4.93. The molecule has 0 spiro atoms. The van der Waals surface area contributed by atoms with Gasteiger partial charge in [0, 0.05) is 13.2 Å². The van der Waals surface area contributed by atoms with E-state index in [4.69, 9.17) is 1.37 Å². The standard InChI is InChI=1S/C5H8N2/c1-5-3-4-7(2)6-5/h3-4H,1-2H3/i4D. The van der Waals surface area contributed by atoms with E-state index in [1.165, 1.54) is 4.68 Å². The van der Waals surface area contributed by atoms with Crippen molar-refractivity contribution in [1.29, 1.82) is 0 Å². The van der Waals surface area contributed by atoms with Gasteiger partial charge in [0.15, 0.2) is 0 Å². The third kappa shape index (κ3) is 0.796. The van der Waals surface area contributed by atoms with Crippen molar-refractivity contribution in [3.63, 3.8) is 0 Å². The lowest BCUT2D eigenvalue weighted by Gasteiger charge is -1.79. The quantitative estimate of drug-likeness (QED) is 0.466. The van der Waals surface area contributed by atoms with Gasteiger partial charge in [-0.05, 0) is 13.0 Å². The van der Waals surface area contributed by atoms with Crippen molar-refractivity contribution in [2.24, 2.45) is 7.05 Å². The van der Waals surface area contributed by atoms with Crippen molar-refractivity contribution < 1.29 is 1.37 Å². The molecule has 38 valence electrons. The SMILES string of the molecule is [2H]c1cc(C)nn1C. The van der Waals surface area contributed by atoms with Crippen LogP contribution < -0.4 is 0 Å². The lowest BCUT2D eigenvalue weighted by molar-refractivity contribution is 0.756. The molecule has 0 N–H and O–H groups in total. The number of aryl methyl sites for hydroxylation is 2. The molecule has 2 heteroatoms. The van der Waals surface area contributed by atoms with E-state index in [0.717, 1.165) is 5.69 Å². The van der Waals surface area contributed by atoms with Gasteiger partial charge in [-0.1, -0.05) is 0 Å². The minimum absolute atomic E-state index is 0.461. The average molecular weight is 97.1 g/mol. The maximum absolute atomic E-state index is 7.14. The van der Waals surface area contributed by atoms with Gasteiger partial charge >= 0.3 is 0 Å². The molecule has 0 fully saturated rings. The normalized spacial score (nSPS) is 11.4. The van der Waals surface area contributed by atoms with E-state index in [0.29, 0.717) is 6.17 Å². The van der Waals surface area contributed by atoms with Crippen molar-refractivity contribution in [2.45, 2.75) is 6.92 Å². The number of aromatic nitrogens is 2. The summed E-state index contributed by atoms with van der Waals surface area (Å²) >= 11 is 0. The molecule has 0 saturated heterocycles. The zero-order valence-electron chi connectivity index (χ0n) is 5.47. The molecule has 0 aliphatic heterocycles. The summed E-state index contributed by atoms with van der Waals surface area (Å²) in [7, 11) is 1.76. The van der Waals surface area contributed by atoms with Crippen LogP contribution in [0.4, 0.5) is 0 Å². The molecule has 0 aromatic carbocycles. The van der Waals surface area contributed by atoms with Crippen molar-refractivity contribution >= 4 is 0 Å². The minimum Gasteiger partial charge on any atom is -0.276 e. The van der Waals surface area contributed by atoms with Crippen molar-refractivity contribution in [1.82, 2.24) is 9.78 Å². The van der Waals surface area contributed by atoms with Gasteiger partial charge in [-0.15, -0.1) is 0 Å². The maximum Gasteiger partial charge on any atom is 0.0836 e. The molecule has 0 amide bonds.